The number of rotatable bonds is 2. The number of nitrogens with zero attached hydrogens (tertiary/aromatic N) is 1. The second kappa shape index (κ2) is 5.15. The van der Waals surface area contributed by atoms with Crippen molar-refractivity contribution in [3.8, 4) is 11.1 Å². The molecule has 1 aliphatic rings. The number of anilines is 1. The molecule has 0 saturated carbocycles. The molecule has 18 heavy (non-hydrogen) atoms. The van der Waals surface area contributed by atoms with Crippen molar-refractivity contribution in [2.45, 2.75) is 12.8 Å². The van der Waals surface area contributed by atoms with E-state index in [2.05, 4.69) is 69.4 Å². The monoisotopic (exact) mass is 301 g/mol. The van der Waals surface area contributed by atoms with E-state index < -0.39 is 0 Å². The Balaban J connectivity index is 1.86. The number of halogens is 1. The minimum Gasteiger partial charge on any atom is -0.372 e. The molecule has 0 spiro atoms. The van der Waals surface area contributed by atoms with Gasteiger partial charge in [-0.05, 0) is 48.2 Å². The third-order valence-electron chi connectivity index (χ3n) is 3.50. The average Bonchev–Trinajstić information content (AvgIpc) is 2.93. The Morgan fingerprint density at radius 2 is 1.56 bits per heavy atom. The predicted molar refractivity (Wildman–Crippen MR) is 81.0 cm³/mol. The van der Waals surface area contributed by atoms with Crippen LogP contribution in [0.2, 0.25) is 0 Å². The number of hydrogen-bond acceptors (Lipinski definition) is 1. The first-order valence-electron chi connectivity index (χ1n) is 6.44. The van der Waals surface area contributed by atoms with Crippen LogP contribution in [0.1, 0.15) is 12.8 Å². The first kappa shape index (κ1) is 11.8. The van der Waals surface area contributed by atoms with Gasteiger partial charge in [0, 0.05) is 23.2 Å². The molecule has 2 aromatic carbocycles. The van der Waals surface area contributed by atoms with Gasteiger partial charge in [0.05, 0.1) is 0 Å². The number of benzene rings is 2. The largest absolute Gasteiger partial charge is 0.372 e. The summed E-state index contributed by atoms with van der Waals surface area (Å²) in [5, 5.41) is 0. The van der Waals surface area contributed by atoms with Crippen LogP contribution in [0.25, 0.3) is 11.1 Å². The molecule has 1 fully saturated rings. The lowest BCUT2D eigenvalue weighted by Crippen LogP contribution is -2.17. The van der Waals surface area contributed by atoms with Crippen LogP contribution in [0.15, 0.2) is 53.0 Å². The van der Waals surface area contributed by atoms with Gasteiger partial charge in [0.15, 0.2) is 0 Å². The fourth-order valence-corrected chi connectivity index (χ4v) is 2.91. The van der Waals surface area contributed by atoms with Gasteiger partial charge in [-0.15, -0.1) is 0 Å². The van der Waals surface area contributed by atoms with Gasteiger partial charge in [0.1, 0.15) is 0 Å². The lowest BCUT2D eigenvalue weighted by molar-refractivity contribution is 0.949. The van der Waals surface area contributed by atoms with Crippen molar-refractivity contribution in [2.75, 3.05) is 18.0 Å². The summed E-state index contributed by atoms with van der Waals surface area (Å²) in [5.41, 5.74) is 3.89. The molecule has 0 atom stereocenters. The van der Waals surface area contributed by atoms with E-state index in [1.165, 1.54) is 42.7 Å². The summed E-state index contributed by atoms with van der Waals surface area (Å²) in [5.74, 6) is 0. The topological polar surface area (TPSA) is 3.24 Å². The minimum atomic E-state index is 1.13. The van der Waals surface area contributed by atoms with Crippen LogP contribution in [-0.2, 0) is 0 Å². The van der Waals surface area contributed by atoms with E-state index in [4.69, 9.17) is 0 Å². The summed E-state index contributed by atoms with van der Waals surface area (Å²) in [4.78, 5) is 2.46. The maximum absolute atomic E-state index is 3.52. The van der Waals surface area contributed by atoms with E-state index in [0.29, 0.717) is 0 Å². The van der Waals surface area contributed by atoms with E-state index in [-0.39, 0.29) is 0 Å². The lowest BCUT2D eigenvalue weighted by Gasteiger charge is -2.17. The van der Waals surface area contributed by atoms with Gasteiger partial charge < -0.3 is 4.90 Å². The molecule has 0 aromatic heterocycles. The van der Waals surface area contributed by atoms with Crippen LogP contribution in [0.3, 0.4) is 0 Å². The molecule has 3 rings (SSSR count). The molecule has 0 radical (unpaired) electrons. The minimum absolute atomic E-state index is 1.13. The molecule has 0 N–H and O–H groups in total. The highest BCUT2D eigenvalue weighted by Crippen LogP contribution is 2.26. The van der Waals surface area contributed by atoms with Crippen molar-refractivity contribution in [3.63, 3.8) is 0 Å². The van der Waals surface area contributed by atoms with Crippen molar-refractivity contribution in [1.29, 1.82) is 0 Å². The molecule has 2 heteroatoms. The van der Waals surface area contributed by atoms with Gasteiger partial charge in [-0.2, -0.15) is 0 Å². The number of hydrogen-bond donors (Lipinski definition) is 0. The molecule has 1 aliphatic heterocycles. The van der Waals surface area contributed by atoms with E-state index >= 15 is 0 Å². The molecule has 1 nitrogen and oxygen atoms in total. The van der Waals surface area contributed by atoms with Crippen LogP contribution in [0.4, 0.5) is 5.69 Å². The highest BCUT2D eigenvalue weighted by molar-refractivity contribution is 9.10. The maximum Gasteiger partial charge on any atom is 0.0366 e. The summed E-state index contributed by atoms with van der Waals surface area (Å²) in [6, 6.07) is 17.4. The normalized spacial score (nSPS) is 15.1. The summed E-state index contributed by atoms with van der Waals surface area (Å²) in [7, 11) is 0. The molecule has 0 amide bonds. The summed E-state index contributed by atoms with van der Waals surface area (Å²) in [6.45, 7) is 2.41. The highest BCUT2D eigenvalue weighted by Gasteiger charge is 2.11. The van der Waals surface area contributed by atoms with Crippen LogP contribution in [0, 0.1) is 0 Å². The SMILES string of the molecule is Brc1cccc(-c2ccc(N3CCCC3)cc2)c1. The molecule has 0 bridgehead atoms. The summed E-state index contributed by atoms with van der Waals surface area (Å²) in [6.07, 6.45) is 2.65. The molecule has 1 heterocycles. The second-order valence-electron chi connectivity index (χ2n) is 4.75. The van der Waals surface area contributed by atoms with Crippen molar-refractivity contribution >= 4 is 21.6 Å². The van der Waals surface area contributed by atoms with Gasteiger partial charge in [0.25, 0.3) is 0 Å². The third-order valence-corrected chi connectivity index (χ3v) is 3.99. The molecular formula is C16H16BrN. The highest BCUT2D eigenvalue weighted by atomic mass is 79.9. The Kier molecular flexibility index (Phi) is 3.37. The van der Waals surface area contributed by atoms with E-state index in [0.717, 1.165) is 4.47 Å². The Morgan fingerprint density at radius 3 is 2.22 bits per heavy atom. The molecule has 0 unspecified atom stereocenters. The lowest BCUT2D eigenvalue weighted by atomic mass is 10.1. The molecular weight excluding hydrogens is 286 g/mol. The zero-order chi connectivity index (χ0) is 12.4. The second-order valence-corrected chi connectivity index (χ2v) is 5.67. The van der Waals surface area contributed by atoms with Gasteiger partial charge in [-0.3, -0.25) is 0 Å². The zero-order valence-electron chi connectivity index (χ0n) is 10.3. The van der Waals surface area contributed by atoms with Crippen LogP contribution in [-0.4, -0.2) is 13.1 Å². The van der Waals surface area contributed by atoms with Crippen molar-refractivity contribution in [3.05, 3.63) is 53.0 Å². The van der Waals surface area contributed by atoms with Crippen LogP contribution in [0.5, 0.6) is 0 Å². The fourth-order valence-electron chi connectivity index (χ4n) is 2.51. The van der Waals surface area contributed by atoms with E-state index in [1.54, 1.807) is 0 Å². The Labute approximate surface area is 117 Å². The van der Waals surface area contributed by atoms with E-state index in [1.807, 2.05) is 0 Å². The predicted octanol–water partition coefficient (Wildman–Crippen LogP) is 4.72. The van der Waals surface area contributed by atoms with Crippen molar-refractivity contribution in [2.24, 2.45) is 0 Å². The standard InChI is InChI=1S/C16H16BrN/c17-15-5-3-4-14(12-15)13-6-8-16(9-7-13)18-10-1-2-11-18/h3-9,12H,1-2,10-11H2. The van der Waals surface area contributed by atoms with Gasteiger partial charge in [-0.1, -0.05) is 40.2 Å². The van der Waals surface area contributed by atoms with Gasteiger partial charge in [0.2, 0.25) is 0 Å². The van der Waals surface area contributed by atoms with Gasteiger partial charge >= 0.3 is 0 Å². The first-order valence-corrected chi connectivity index (χ1v) is 7.23. The average molecular weight is 302 g/mol. The fraction of sp³-hybridized carbons (Fsp3) is 0.250. The molecule has 1 saturated heterocycles. The quantitative estimate of drug-likeness (QED) is 0.776. The zero-order valence-corrected chi connectivity index (χ0v) is 11.9. The van der Waals surface area contributed by atoms with E-state index in [9.17, 15) is 0 Å². The van der Waals surface area contributed by atoms with Crippen LogP contribution < -0.4 is 4.90 Å². The van der Waals surface area contributed by atoms with Crippen LogP contribution >= 0.6 is 15.9 Å². The third kappa shape index (κ3) is 2.44. The van der Waals surface area contributed by atoms with Crippen molar-refractivity contribution in [1.82, 2.24) is 0 Å². The Morgan fingerprint density at radius 1 is 0.833 bits per heavy atom. The smallest absolute Gasteiger partial charge is 0.0366 e. The molecule has 2 aromatic rings. The molecule has 92 valence electrons. The maximum atomic E-state index is 3.52. The Bertz CT molecular complexity index is 527. The molecule has 0 aliphatic carbocycles. The van der Waals surface area contributed by atoms with Gasteiger partial charge in [-0.25, -0.2) is 0 Å². The Hall–Kier alpha value is -1.28. The summed E-state index contributed by atoms with van der Waals surface area (Å²) >= 11 is 3.52. The summed E-state index contributed by atoms with van der Waals surface area (Å²) < 4.78 is 1.13. The first-order chi connectivity index (χ1) is 8.83. The van der Waals surface area contributed by atoms with Crippen molar-refractivity contribution < 1.29 is 0 Å².